The molecular weight excluding hydrogens is 352 g/mol. The number of hydrogen-bond acceptors (Lipinski definition) is 4. The minimum atomic E-state index is -3.74. The number of carbonyl (C=O) groups is 1. The van der Waals surface area contributed by atoms with Gasteiger partial charge in [-0.2, -0.15) is 0 Å². The molecule has 0 aliphatic carbocycles. The molecule has 1 amide bonds. The predicted molar refractivity (Wildman–Crippen MR) is 92.9 cm³/mol. The smallest absolute Gasteiger partial charge is 0.261 e. The lowest BCUT2D eigenvalue weighted by Crippen LogP contribution is -2.33. The van der Waals surface area contributed by atoms with Crippen LogP contribution in [-0.2, 0) is 14.8 Å². The van der Waals surface area contributed by atoms with Crippen LogP contribution >= 0.6 is 11.6 Å². The fraction of sp³-hybridized carbons (Fsp3) is 0.188. The molecule has 1 atom stereocenters. The Balaban J connectivity index is 2.13. The van der Waals surface area contributed by atoms with E-state index < -0.39 is 16.1 Å². The van der Waals surface area contributed by atoms with Crippen LogP contribution in [0.2, 0.25) is 5.02 Å². The van der Waals surface area contributed by atoms with E-state index in [0.29, 0.717) is 16.5 Å². The van der Waals surface area contributed by atoms with Crippen LogP contribution in [0.3, 0.4) is 0 Å². The van der Waals surface area contributed by atoms with Crippen molar-refractivity contribution in [1.82, 2.24) is 5.32 Å². The van der Waals surface area contributed by atoms with Crippen LogP contribution in [0.25, 0.3) is 0 Å². The van der Waals surface area contributed by atoms with Gasteiger partial charge in [0, 0.05) is 12.1 Å². The van der Waals surface area contributed by atoms with E-state index in [1.54, 1.807) is 25.1 Å². The first kappa shape index (κ1) is 18.1. The maximum absolute atomic E-state index is 12.3. The van der Waals surface area contributed by atoms with Crippen LogP contribution in [0.15, 0.2) is 53.4 Å². The quantitative estimate of drug-likeness (QED) is 0.820. The normalized spacial score (nSPS) is 12.3. The number of benzene rings is 2. The lowest BCUT2D eigenvalue weighted by Gasteiger charge is -2.13. The van der Waals surface area contributed by atoms with E-state index in [1.807, 2.05) is 0 Å². The van der Waals surface area contributed by atoms with Crippen LogP contribution in [0.4, 0.5) is 5.69 Å². The van der Waals surface area contributed by atoms with Crippen molar-refractivity contribution in [2.24, 2.45) is 0 Å². The molecule has 0 aromatic heterocycles. The van der Waals surface area contributed by atoms with E-state index in [-0.39, 0.29) is 10.8 Å². The van der Waals surface area contributed by atoms with E-state index in [9.17, 15) is 13.2 Å². The number of hydrogen-bond donors (Lipinski definition) is 2. The number of sulfonamides is 1. The highest BCUT2D eigenvalue weighted by atomic mass is 35.5. The zero-order chi connectivity index (χ0) is 17.7. The third-order valence-corrected chi connectivity index (χ3v) is 4.77. The van der Waals surface area contributed by atoms with Gasteiger partial charge in [-0.25, -0.2) is 8.42 Å². The lowest BCUT2D eigenvalue weighted by atomic mass is 10.3. The molecule has 0 saturated heterocycles. The number of carbonyl (C=O) groups excluding carboxylic acids is 1. The molecule has 0 saturated carbocycles. The molecule has 8 heteroatoms. The Labute approximate surface area is 145 Å². The third kappa shape index (κ3) is 4.62. The topological polar surface area (TPSA) is 84.5 Å². The summed E-state index contributed by atoms with van der Waals surface area (Å²) in [5, 5.41) is 2.90. The average molecular weight is 369 g/mol. The standard InChI is InChI=1S/C16H17ClN2O4S/c1-11(16(20)18-2)23-14-6-8-15(9-7-14)24(21,22)19-13-5-3-4-12(17)10-13/h3-11,19H,1-2H3,(H,18,20)/t11-/m1/s1. The van der Waals surface area contributed by atoms with Crippen molar-refractivity contribution in [2.75, 3.05) is 11.8 Å². The molecular formula is C16H17ClN2O4S. The molecule has 0 fully saturated rings. The van der Waals surface area contributed by atoms with Gasteiger partial charge < -0.3 is 10.1 Å². The molecule has 128 valence electrons. The number of nitrogens with one attached hydrogen (secondary N) is 2. The fourth-order valence-corrected chi connectivity index (χ4v) is 3.16. The predicted octanol–water partition coefficient (Wildman–Crippen LogP) is 2.65. The summed E-state index contributed by atoms with van der Waals surface area (Å²) >= 11 is 5.84. The van der Waals surface area contributed by atoms with Crippen molar-refractivity contribution in [3.05, 3.63) is 53.6 Å². The van der Waals surface area contributed by atoms with Crippen molar-refractivity contribution in [1.29, 1.82) is 0 Å². The van der Waals surface area contributed by atoms with Crippen LogP contribution in [-0.4, -0.2) is 27.5 Å². The zero-order valence-electron chi connectivity index (χ0n) is 13.1. The molecule has 2 aromatic rings. The van der Waals surface area contributed by atoms with Gasteiger partial charge in [0.15, 0.2) is 6.10 Å². The van der Waals surface area contributed by atoms with Gasteiger partial charge in [-0.05, 0) is 49.4 Å². The van der Waals surface area contributed by atoms with Crippen LogP contribution in [0, 0.1) is 0 Å². The maximum atomic E-state index is 12.3. The second kappa shape index (κ2) is 7.55. The lowest BCUT2D eigenvalue weighted by molar-refractivity contribution is -0.126. The SMILES string of the molecule is CNC(=O)[C@@H](C)Oc1ccc(S(=O)(=O)Nc2cccc(Cl)c2)cc1. The molecule has 0 spiro atoms. The minimum absolute atomic E-state index is 0.0717. The first-order valence-electron chi connectivity index (χ1n) is 7.08. The molecule has 6 nitrogen and oxygen atoms in total. The summed E-state index contributed by atoms with van der Waals surface area (Å²) in [6, 6.07) is 12.2. The van der Waals surface area contributed by atoms with Crippen molar-refractivity contribution in [2.45, 2.75) is 17.9 Å². The summed E-state index contributed by atoms with van der Waals surface area (Å²) in [6.07, 6.45) is -0.679. The molecule has 0 unspecified atom stereocenters. The largest absolute Gasteiger partial charge is 0.481 e. The first-order chi connectivity index (χ1) is 11.3. The van der Waals surface area contributed by atoms with E-state index >= 15 is 0 Å². The average Bonchev–Trinajstić information content (AvgIpc) is 2.54. The van der Waals surface area contributed by atoms with Crippen LogP contribution in [0.5, 0.6) is 5.75 Å². The summed E-state index contributed by atoms with van der Waals surface area (Å²) in [5.74, 6) is 0.127. The Morgan fingerprint density at radius 2 is 1.83 bits per heavy atom. The number of amides is 1. The number of halogens is 1. The van der Waals surface area contributed by atoms with Gasteiger partial charge in [0.1, 0.15) is 5.75 Å². The Morgan fingerprint density at radius 3 is 2.42 bits per heavy atom. The van der Waals surface area contributed by atoms with Gasteiger partial charge in [-0.3, -0.25) is 9.52 Å². The summed E-state index contributed by atoms with van der Waals surface area (Å²) < 4.78 is 32.6. The molecule has 0 heterocycles. The molecule has 0 bridgehead atoms. The fourth-order valence-electron chi connectivity index (χ4n) is 1.92. The summed E-state index contributed by atoms with van der Waals surface area (Å²) in [6.45, 7) is 1.60. The first-order valence-corrected chi connectivity index (χ1v) is 8.94. The highest BCUT2D eigenvalue weighted by Crippen LogP contribution is 2.21. The van der Waals surface area contributed by atoms with Gasteiger partial charge in [0.2, 0.25) is 0 Å². The molecule has 0 aliphatic heterocycles. The highest BCUT2D eigenvalue weighted by Gasteiger charge is 2.16. The number of ether oxygens (including phenoxy) is 1. The van der Waals surface area contributed by atoms with Crippen molar-refractivity contribution < 1.29 is 17.9 Å². The van der Waals surface area contributed by atoms with Crippen molar-refractivity contribution >= 4 is 33.2 Å². The van der Waals surface area contributed by atoms with E-state index in [0.717, 1.165) is 0 Å². The van der Waals surface area contributed by atoms with Crippen LogP contribution in [0.1, 0.15) is 6.92 Å². The van der Waals surface area contributed by atoms with Crippen LogP contribution < -0.4 is 14.8 Å². The molecule has 2 N–H and O–H groups in total. The monoisotopic (exact) mass is 368 g/mol. The second-order valence-corrected chi connectivity index (χ2v) is 7.08. The molecule has 2 rings (SSSR count). The Kier molecular flexibility index (Phi) is 5.69. The maximum Gasteiger partial charge on any atom is 0.261 e. The minimum Gasteiger partial charge on any atom is -0.481 e. The van der Waals surface area contributed by atoms with Gasteiger partial charge >= 0.3 is 0 Å². The van der Waals surface area contributed by atoms with Gasteiger partial charge in [0.05, 0.1) is 10.6 Å². The summed E-state index contributed by atoms with van der Waals surface area (Å²) in [4.78, 5) is 11.5. The van der Waals surface area contributed by atoms with Gasteiger partial charge in [-0.1, -0.05) is 17.7 Å². The summed E-state index contributed by atoms with van der Waals surface area (Å²) in [7, 11) is -2.23. The van der Waals surface area contributed by atoms with Crippen molar-refractivity contribution in [3.8, 4) is 5.75 Å². The molecule has 0 radical (unpaired) electrons. The van der Waals surface area contributed by atoms with Gasteiger partial charge in [0.25, 0.3) is 15.9 Å². The Morgan fingerprint density at radius 1 is 1.17 bits per heavy atom. The molecule has 24 heavy (non-hydrogen) atoms. The number of likely N-dealkylation sites (N-methyl/N-ethyl adjacent to an activating group) is 1. The van der Waals surface area contributed by atoms with E-state index in [1.165, 1.54) is 37.4 Å². The zero-order valence-corrected chi connectivity index (χ0v) is 14.7. The Bertz CT molecular complexity index is 822. The number of anilines is 1. The third-order valence-electron chi connectivity index (χ3n) is 3.14. The molecule has 0 aliphatic rings. The van der Waals surface area contributed by atoms with Gasteiger partial charge in [-0.15, -0.1) is 0 Å². The second-order valence-electron chi connectivity index (χ2n) is 4.96. The van der Waals surface area contributed by atoms with Crippen molar-refractivity contribution in [3.63, 3.8) is 0 Å². The molecule has 2 aromatic carbocycles. The van der Waals surface area contributed by atoms with E-state index in [4.69, 9.17) is 16.3 Å². The summed E-state index contributed by atoms with van der Waals surface area (Å²) in [5.41, 5.74) is 0.371. The Hall–Kier alpha value is -2.25. The highest BCUT2D eigenvalue weighted by molar-refractivity contribution is 7.92. The number of rotatable bonds is 6. The van der Waals surface area contributed by atoms with E-state index in [2.05, 4.69) is 10.0 Å².